The molecule has 3 N–H and O–H groups in total. The minimum atomic E-state index is 0.0208. The summed E-state index contributed by atoms with van der Waals surface area (Å²) in [7, 11) is 1.60. The molecule has 0 radical (unpaired) electrons. The topological polar surface area (TPSA) is 60.2 Å². The van der Waals surface area contributed by atoms with E-state index in [0.717, 1.165) is 17.5 Å². The van der Waals surface area contributed by atoms with Crippen LogP contribution in [-0.4, -0.2) is 12.1 Å². The minimum absolute atomic E-state index is 0.0208. The van der Waals surface area contributed by atoms with Gasteiger partial charge in [-0.25, -0.2) is 4.98 Å². The van der Waals surface area contributed by atoms with Gasteiger partial charge in [-0.05, 0) is 29.7 Å². The maximum absolute atomic E-state index is 5.88. The summed E-state index contributed by atoms with van der Waals surface area (Å²) >= 11 is 5.88. The van der Waals surface area contributed by atoms with Crippen LogP contribution in [0.4, 0.5) is 0 Å². The second-order valence-corrected chi connectivity index (χ2v) is 4.62. The van der Waals surface area contributed by atoms with Crippen LogP contribution in [0.15, 0.2) is 42.6 Å². The van der Waals surface area contributed by atoms with E-state index in [1.807, 2.05) is 36.4 Å². The lowest BCUT2D eigenvalue weighted by Gasteiger charge is -2.16. The normalized spacial score (nSPS) is 12.2. The molecule has 4 nitrogen and oxygen atoms in total. The van der Waals surface area contributed by atoms with Gasteiger partial charge in [-0.1, -0.05) is 29.8 Å². The highest BCUT2D eigenvalue weighted by molar-refractivity contribution is 6.30. The van der Waals surface area contributed by atoms with E-state index >= 15 is 0 Å². The summed E-state index contributed by atoms with van der Waals surface area (Å²) in [5.41, 5.74) is 4.98. The summed E-state index contributed by atoms with van der Waals surface area (Å²) in [6.45, 7) is 0. The summed E-state index contributed by atoms with van der Waals surface area (Å²) in [4.78, 5) is 4.18. The van der Waals surface area contributed by atoms with Gasteiger partial charge in [0.25, 0.3) is 0 Å². The molecule has 2 rings (SSSR count). The molecule has 19 heavy (non-hydrogen) atoms. The molecule has 1 heterocycles. The van der Waals surface area contributed by atoms with Crippen molar-refractivity contribution in [2.24, 2.45) is 5.84 Å². The molecule has 0 aliphatic rings. The third-order valence-corrected chi connectivity index (χ3v) is 3.17. The molecule has 2 aromatic rings. The summed E-state index contributed by atoms with van der Waals surface area (Å²) in [5, 5.41) is 0.714. The quantitative estimate of drug-likeness (QED) is 0.651. The third kappa shape index (κ3) is 3.67. The monoisotopic (exact) mass is 277 g/mol. The predicted octanol–water partition coefficient (Wildman–Crippen LogP) is 2.49. The molecule has 0 bridgehead atoms. The number of nitrogens with one attached hydrogen (secondary N) is 1. The third-order valence-electron chi connectivity index (χ3n) is 2.92. The van der Waals surface area contributed by atoms with E-state index < -0.39 is 0 Å². The van der Waals surface area contributed by atoms with Crippen LogP contribution in [0.1, 0.15) is 17.2 Å². The zero-order valence-corrected chi connectivity index (χ0v) is 11.4. The van der Waals surface area contributed by atoms with Gasteiger partial charge < -0.3 is 4.74 Å². The van der Waals surface area contributed by atoms with Gasteiger partial charge in [-0.3, -0.25) is 11.3 Å². The van der Waals surface area contributed by atoms with Gasteiger partial charge in [0.05, 0.1) is 13.2 Å². The van der Waals surface area contributed by atoms with Crippen LogP contribution in [-0.2, 0) is 6.42 Å². The molecular weight excluding hydrogens is 262 g/mol. The predicted molar refractivity (Wildman–Crippen MR) is 76.0 cm³/mol. The molecule has 0 aliphatic carbocycles. The first-order valence-corrected chi connectivity index (χ1v) is 6.31. The average molecular weight is 278 g/mol. The van der Waals surface area contributed by atoms with Crippen molar-refractivity contribution in [3.63, 3.8) is 0 Å². The van der Waals surface area contributed by atoms with E-state index in [0.29, 0.717) is 10.9 Å². The van der Waals surface area contributed by atoms with Crippen molar-refractivity contribution in [3.8, 4) is 5.88 Å². The van der Waals surface area contributed by atoms with Crippen molar-refractivity contribution in [1.82, 2.24) is 10.4 Å². The first-order valence-electron chi connectivity index (χ1n) is 5.93. The number of hydrogen-bond donors (Lipinski definition) is 2. The molecule has 0 saturated carbocycles. The Kier molecular flexibility index (Phi) is 4.74. The van der Waals surface area contributed by atoms with Gasteiger partial charge in [-0.2, -0.15) is 0 Å². The lowest BCUT2D eigenvalue weighted by Crippen LogP contribution is -2.29. The fourth-order valence-electron chi connectivity index (χ4n) is 1.86. The van der Waals surface area contributed by atoms with Crippen LogP contribution in [0, 0.1) is 0 Å². The SMILES string of the molecule is COc1ccc(CC(NN)c2ccc(Cl)cc2)cn1. The number of ether oxygens (including phenoxy) is 1. The van der Waals surface area contributed by atoms with E-state index in [9.17, 15) is 0 Å². The van der Waals surface area contributed by atoms with E-state index in [-0.39, 0.29) is 6.04 Å². The first-order chi connectivity index (χ1) is 9.22. The number of halogens is 1. The number of methoxy groups -OCH3 is 1. The zero-order valence-electron chi connectivity index (χ0n) is 10.6. The van der Waals surface area contributed by atoms with Crippen molar-refractivity contribution >= 4 is 11.6 Å². The Bertz CT molecular complexity index is 513. The Morgan fingerprint density at radius 2 is 2.00 bits per heavy atom. The Hall–Kier alpha value is -1.62. The molecule has 0 aliphatic heterocycles. The van der Waals surface area contributed by atoms with Crippen LogP contribution in [0.5, 0.6) is 5.88 Å². The Morgan fingerprint density at radius 3 is 2.53 bits per heavy atom. The van der Waals surface area contributed by atoms with Crippen LogP contribution >= 0.6 is 11.6 Å². The largest absolute Gasteiger partial charge is 0.481 e. The van der Waals surface area contributed by atoms with E-state index in [1.165, 1.54) is 0 Å². The number of rotatable bonds is 5. The number of aromatic nitrogens is 1. The minimum Gasteiger partial charge on any atom is -0.481 e. The van der Waals surface area contributed by atoms with Crippen LogP contribution in [0.2, 0.25) is 5.02 Å². The lowest BCUT2D eigenvalue weighted by atomic mass is 10.0. The number of hydrazine groups is 1. The molecule has 100 valence electrons. The standard InChI is InChI=1S/C14H16ClN3O/c1-19-14-7-2-10(9-17-14)8-13(18-16)11-3-5-12(15)6-4-11/h2-7,9,13,18H,8,16H2,1H3. The van der Waals surface area contributed by atoms with Gasteiger partial charge >= 0.3 is 0 Å². The van der Waals surface area contributed by atoms with Gasteiger partial charge in [0.1, 0.15) is 0 Å². The van der Waals surface area contributed by atoms with E-state index in [4.69, 9.17) is 22.2 Å². The summed E-state index contributed by atoms with van der Waals surface area (Å²) < 4.78 is 5.03. The van der Waals surface area contributed by atoms with E-state index in [1.54, 1.807) is 13.3 Å². The Morgan fingerprint density at radius 1 is 1.26 bits per heavy atom. The highest BCUT2D eigenvalue weighted by atomic mass is 35.5. The first kappa shape index (κ1) is 13.8. The molecule has 1 unspecified atom stereocenters. The van der Waals surface area contributed by atoms with Crippen molar-refractivity contribution in [1.29, 1.82) is 0 Å². The molecule has 0 saturated heterocycles. The summed E-state index contributed by atoms with van der Waals surface area (Å²) in [6, 6.07) is 11.5. The van der Waals surface area contributed by atoms with Gasteiger partial charge in [-0.15, -0.1) is 0 Å². The van der Waals surface area contributed by atoms with Crippen molar-refractivity contribution in [2.75, 3.05) is 7.11 Å². The Labute approximate surface area is 117 Å². The van der Waals surface area contributed by atoms with Gasteiger partial charge in [0, 0.05) is 17.3 Å². The van der Waals surface area contributed by atoms with Crippen molar-refractivity contribution < 1.29 is 4.74 Å². The number of nitrogens with zero attached hydrogens (tertiary/aromatic N) is 1. The van der Waals surface area contributed by atoms with Gasteiger partial charge in [0.2, 0.25) is 5.88 Å². The van der Waals surface area contributed by atoms with Crippen molar-refractivity contribution in [2.45, 2.75) is 12.5 Å². The van der Waals surface area contributed by atoms with E-state index in [2.05, 4.69) is 10.4 Å². The molecule has 1 aromatic carbocycles. The molecule has 0 spiro atoms. The molecule has 1 aromatic heterocycles. The van der Waals surface area contributed by atoms with Crippen molar-refractivity contribution in [3.05, 3.63) is 58.7 Å². The van der Waals surface area contributed by atoms with Crippen LogP contribution in [0.3, 0.4) is 0 Å². The van der Waals surface area contributed by atoms with Crippen LogP contribution < -0.4 is 16.0 Å². The number of pyridine rings is 1. The van der Waals surface area contributed by atoms with Gasteiger partial charge in [0.15, 0.2) is 0 Å². The Balaban J connectivity index is 2.11. The number of hydrogen-bond acceptors (Lipinski definition) is 4. The highest BCUT2D eigenvalue weighted by Gasteiger charge is 2.10. The molecule has 5 heteroatoms. The zero-order chi connectivity index (χ0) is 13.7. The highest BCUT2D eigenvalue weighted by Crippen LogP contribution is 2.20. The van der Waals surface area contributed by atoms with Crippen LogP contribution in [0.25, 0.3) is 0 Å². The fraction of sp³-hybridized carbons (Fsp3) is 0.214. The summed E-state index contributed by atoms with van der Waals surface area (Å²) in [5.74, 6) is 6.22. The fourth-order valence-corrected chi connectivity index (χ4v) is 1.98. The number of benzene rings is 1. The molecule has 0 amide bonds. The smallest absolute Gasteiger partial charge is 0.212 e. The lowest BCUT2D eigenvalue weighted by molar-refractivity contribution is 0.397. The average Bonchev–Trinajstić information content (AvgIpc) is 2.46. The number of nitrogens with two attached hydrogens (primary N) is 1. The summed E-state index contributed by atoms with van der Waals surface area (Å²) in [6.07, 6.45) is 2.54. The maximum atomic E-state index is 5.88. The second kappa shape index (κ2) is 6.52. The molecule has 1 atom stereocenters. The second-order valence-electron chi connectivity index (χ2n) is 4.18. The molecular formula is C14H16ClN3O. The maximum Gasteiger partial charge on any atom is 0.212 e. The molecule has 0 fully saturated rings.